The molecule has 0 radical (unpaired) electrons. The van der Waals surface area contributed by atoms with E-state index < -0.39 is 5.97 Å². The van der Waals surface area contributed by atoms with Crippen LogP contribution in [0.5, 0.6) is 0 Å². The maximum Gasteiger partial charge on any atom is 0.371 e. The summed E-state index contributed by atoms with van der Waals surface area (Å²) in [5, 5.41) is 16.7. The van der Waals surface area contributed by atoms with Crippen molar-refractivity contribution in [3.63, 3.8) is 0 Å². The monoisotopic (exact) mass is 249 g/mol. The highest BCUT2D eigenvalue weighted by molar-refractivity contribution is 5.84. The van der Waals surface area contributed by atoms with E-state index in [1.807, 2.05) is 0 Å². The molecule has 0 aliphatic heterocycles. The first kappa shape index (κ1) is 12.3. The van der Waals surface area contributed by atoms with E-state index >= 15 is 0 Å². The predicted molar refractivity (Wildman–Crippen MR) is 63.5 cm³/mol. The van der Waals surface area contributed by atoms with E-state index in [0.29, 0.717) is 12.3 Å². The lowest BCUT2D eigenvalue weighted by atomic mass is 9.93. The largest absolute Gasteiger partial charge is 0.475 e. The Labute approximate surface area is 104 Å². The zero-order chi connectivity index (χ0) is 13.3. The highest BCUT2D eigenvalue weighted by Gasteiger charge is 2.20. The average molecular weight is 249 g/mol. The molecule has 0 saturated heterocycles. The summed E-state index contributed by atoms with van der Waals surface area (Å²) in [5.41, 5.74) is 0.891. The van der Waals surface area contributed by atoms with Gasteiger partial charge < -0.3 is 9.52 Å². The SMILES string of the molecule is CC(C)(C)c1cnnn1Cc1ccc(C(=O)O)o1. The quantitative estimate of drug-likeness (QED) is 0.898. The van der Waals surface area contributed by atoms with Gasteiger partial charge in [0.05, 0.1) is 11.9 Å². The minimum atomic E-state index is -1.07. The maximum atomic E-state index is 10.7. The van der Waals surface area contributed by atoms with E-state index in [9.17, 15) is 4.79 Å². The van der Waals surface area contributed by atoms with Crippen LogP contribution >= 0.6 is 0 Å². The summed E-state index contributed by atoms with van der Waals surface area (Å²) in [4.78, 5) is 10.7. The molecule has 0 bridgehead atoms. The molecule has 6 heteroatoms. The zero-order valence-electron chi connectivity index (χ0n) is 10.5. The van der Waals surface area contributed by atoms with Crippen LogP contribution in [-0.4, -0.2) is 26.1 Å². The van der Waals surface area contributed by atoms with Crippen molar-refractivity contribution in [2.75, 3.05) is 0 Å². The summed E-state index contributed by atoms with van der Waals surface area (Å²) >= 11 is 0. The van der Waals surface area contributed by atoms with E-state index in [1.165, 1.54) is 6.07 Å². The van der Waals surface area contributed by atoms with E-state index in [-0.39, 0.29) is 11.2 Å². The second-order valence-corrected chi connectivity index (χ2v) is 5.10. The van der Waals surface area contributed by atoms with Crippen LogP contribution in [0.3, 0.4) is 0 Å². The number of nitrogens with zero attached hydrogens (tertiary/aromatic N) is 3. The van der Waals surface area contributed by atoms with Crippen LogP contribution in [0.25, 0.3) is 0 Å². The third kappa shape index (κ3) is 2.42. The molecule has 2 aromatic rings. The first-order valence-corrected chi connectivity index (χ1v) is 5.59. The topological polar surface area (TPSA) is 81.2 Å². The van der Waals surface area contributed by atoms with Gasteiger partial charge in [-0.2, -0.15) is 0 Å². The molecule has 0 fully saturated rings. The van der Waals surface area contributed by atoms with E-state index in [1.54, 1.807) is 16.9 Å². The van der Waals surface area contributed by atoms with Gasteiger partial charge in [-0.05, 0) is 12.1 Å². The molecule has 2 rings (SSSR count). The maximum absolute atomic E-state index is 10.7. The third-order valence-electron chi connectivity index (χ3n) is 2.56. The Morgan fingerprint density at radius 2 is 2.17 bits per heavy atom. The fourth-order valence-corrected chi connectivity index (χ4v) is 1.68. The zero-order valence-corrected chi connectivity index (χ0v) is 10.5. The van der Waals surface area contributed by atoms with Crippen molar-refractivity contribution in [3.8, 4) is 0 Å². The highest BCUT2D eigenvalue weighted by Crippen LogP contribution is 2.21. The van der Waals surface area contributed by atoms with Gasteiger partial charge in [-0.1, -0.05) is 26.0 Å². The highest BCUT2D eigenvalue weighted by atomic mass is 16.4. The number of aromatic nitrogens is 3. The van der Waals surface area contributed by atoms with Gasteiger partial charge in [0, 0.05) is 5.41 Å². The van der Waals surface area contributed by atoms with Crippen LogP contribution in [-0.2, 0) is 12.0 Å². The number of hydrogen-bond donors (Lipinski definition) is 1. The molecular weight excluding hydrogens is 234 g/mol. The second kappa shape index (κ2) is 4.29. The molecule has 0 aromatic carbocycles. The van der Waals surface area contributed by atoms with Crippen LogP contribution in [0.1, 0.15) is 42.8 Å². The molecule has 0 spiro atoms. The lowest BCUT2D eigenvalue weighted by Gasteiger charge is -2.18. The molecular formula is C12H15N3O3. The molecule has 0 atom stereocenters. The molecule has 0 unspecified atom stereocenters. The van der Waals surface area contributed by atoms with Gasteiger partial charge >= 0.3 is 5.97 Å². The van der Waals surface area contributed by atoms with Gasteiger partial charge in [-0.3, -0.25) is 0 Å². The fraction of sp³-hybridized carbons (Fsp3) is 0.417. The number of aromatic carboxylic acids is 1. The Morgan fingerprint density at radius 3 is 2.72 bits per heavy atom. The van der Waals surface area contributed by atoms with Crippen molar-refractivity contribution < 1.29 is 14.3 Å². The molecule has 18 heavy (non-hydrogen) atoms. The number of carbonyl (C=O) groups is 1. The molecule has 2 aromatic heterocycles. The van der Waals surface area contributed by atoms with Crippen molar-refractivity contribution in [3.05, 3.63) is 35.5 Å². The Balaban J connectivity index is 2.24. The fourth-order valence-electron chi connectivity index (χ4n) is 1.68. The Bertz CT molecular complexity index is 563. The summed E-state index contributed by atoms with van der Waals surface area (Å²) in [6.45, 7) is 6.56. The van der Waals surface area contributed by atoms with Crippen LogP contribution in [0, 0.1) is 0 Å². The smallest absolute Gasteiger partial charge is 0.371 e. The Hall–Kier alpha value is -2.11. The number of furan rings is 1. The Morgan fingerprint density at radius 1 is 1.44 bits per heavy atom. The van der Waals surface area contributed by atoms with Gasteiger partial charge in [0.2, 0.25) is 5.76 Å². The van der Waals surface area contributed by atoms with Crippen LogP contribution in [0.4, 0.5) is 0 Å². The molecule has 0 aliphatic rings. The summed E-state index contributed by atoms with van der Waals surface area (Å²) < 4.78 is 6.91. The van der Waals surface area contributed by atoms with Crippen molar-refractivity contribution in [2.45, 2.75) is 32.7 Å². The third-order valence-corrected chi connectivity index (χ3v) is 2.56. The van der Waals surface area contributed by atoms with Gasteiger partial charge in [0.15, 0.2) is 0 Å². The van der Waals surface area contributed by atoms with Gasteiger partial charge in [0.25, 0.3) is 0 Å². The van der Waals surface area contributed by atoms with Gasteiger partial charge in [0.1, 0.15) is 12.3 Å². The van der Waals surface area contributed by atoms with Crippen molar-refractivity contribution >= 4 is 5.97 Å². The number of hydrogen-bond acceptors (Lipinski definition) is 4. The predicted octanol–water partition coefficient (Wildman–Crippen LogP) is 1.92. The molecule has 0 amide bonds. The molecule has 96 valence electrons. The van der Waals surface area contributed by atoms with E-state index in [2.05, 4.69) is 31.1 Å². The van der Waals surface area contributed by atoms with Crippen LogP contribution < -0.4 is 0 Å². The number of carboxylic acid groups (broad SMARTS) is 1. The molecule has 1 N–H and O–H groups in total. The lowest BCUT2D eigenvalue weighted by Crippen LogP contribution is -2.18. The standard InChI is InChI=1S/C12H15N3O3/c1-12(2,3)10-6-13-14-15(10)7-8-4-5-9(18-8)11(16)17/h4-6H,7H2,1-3H3,(H,16,17). The van der Waals surface area contributed by atoms with Gasteiger partial charge in [-0.25, -0.2) is 9.48 Å². The summed E-state index contributed by atoms with van der Waals surface area (Å²) in [6.07, 6.45) is 1.71. The minimum absolute atomic E-state index is 0.0672. The second-order valence-electron chi connectivity index (χ2n) is 5.10. The molecule has 6 nitrogen and oxygen atoms in total. The summed E-state index contributed by atoms with van der Waals surface area (Å²) in [5.74, 6) is -0.596. The minimum Gasteiger partial charge on any atom is -0.475 e. The van der Waals surface area contributed by atoms with Crippen LogP contribution in [0.2, 0.25) is 0 Å². The van der Waals surface area contributed by atoms with E-state index in [0.717, 1.165) is 5.69 Å². The molecule has 2 heterocycles. The molecule has 0 saturated carbocycles. The Kier molecular flexibility index (Phi) is 2.94. The number of rotatable bonds is 3. The number of carboxylic acids is 1. The van der Waals surface area contributed by atoms with Gasteiger partial charge in [-0.15, -0.1) is 5.10 Å². The lowest BCUT2D eigenvalue weighted by molar-refractivity contribution is 0.0660. The first-order chi connectivity index (χ1) is 8.38. The van der Waals surface area contributed by atoms with Crippen molar-refractivity contribution in [1.82, 2.24) is 15.0 Å². The van der Waals surface area contributed by atoms with Crippen LogP contribution in [0.15, 0.2) is 22.7 Å². The first-order valence-electron chi connectivity index (χ1n) is 5.59. The van der Waals surface area contributed by atoms with Crippen molar-refractivity contribution in [1.29, 1.82) is 0 Å². The normalized spacial score (nSPS) is 11.7. The summed E-state index contributed by atoms with van der Waals surface area (Å²) in [7, 11) is 0. The van der Waals surface area contributed by atoms with E-state index in [4.69, 9.17) is 9.52 Å². The average Bonchev–Trinajstić information content (AvgIpc) is 2.85. The van der Waals surface area contributed by atoms with Crippen molar-refractivity contribution in [2.24, 2.45) is 0 Å². The summed E-state index contributed by atoms with van der Waals surface area (Å²) in [6, 6.07) is 3.07. The molecule has 0 aliphatic carbocycles.